The number of thioether (sulfide) groups is 1. The largest absolute Gasteiger partial charge is 0.340 e. The molecule has 1 amide bonds. The Labute approximate surface area is 108 Å². The molecule has 3 nitrogen and oxygen atoms in total. The highest BCUT2D eigenvalue weighted by Gasteiger charge is 2.34. The summed E-state index contributed by atoms with van der Waals surface area (Å²) in [5.74, 6) is 1.61. The minimum atomic E-state index is 0.192. The first kappa shape index (κ1) is 13.2. The predicted octanol–water partition coefficient (Wildman–Crippen LogP) is 1.86. The second-order valence-electron chi connectivity index (χ2n) is 5.99. The van der Waals surface area contributed by atoms with Gasteiger partial charge in [-0.15, -0.1) is 0 Å². The third-order valence-electron chi connectivity index (χ3n) is 3.80. The fourth-order valence-corrected chi connectivity index (χ4v) is 4.03. The van der Waals surface area contributed by atoms with Crippen LogP contribution in [0.2, 0.25) is 0 Å². The first-order valence-electron chi connectivity index (χ1n) is 6.66. The average molecular weight is 256 g/mol. The fraction of sp³-hybridized carbons (Fsp3) is 0.923. The lowest BCUT2D eigenvalue weighted by Gasteiger charge is -2.40. The maximum atomic E-state index is 12.4. The van der Waals surface area contributed by atoms with Crippen LogP contribution in [0.4, 0.5) is 0 Å². The minimum absolute atomic E-state index is 0.192. The predicted molar refractivity (Wildman–Crippen MR) is 73.1 cm³/mol. The highest BCUT2D eigenvalue weighted by atomic mass is 32.2. The van der Waals surface area contributed by atoms with Crippen LogP contribution in [-0.4, -0.2) is 40.4 Å². The molecule has 1 aliphatic carbocycles. The van der Waals surface area contributed by atoms with Gasteiger partial charge < -0.3 is 10.6 Å². The van der Waals surface area contributed by atoms with Gasteiger partial charge in [0.25, 0.3) is 0 Å². The number of nitrogens with zero attached hydrogens (tertiary/aromatic N) is 1. The molecule has 1 saturated heterocycles. The van der Waals surface area contributed by atoms with Crippen molar-refractivity contribution in [3.05, 3.63) is 0 Å². The molecule has 98 valence electrons. The van der Waals surface area contributed by atoms with Gasteiger partial charge in [0.1, 0.15) is 0 Å². The van der Waals surface area contributed by atoms with Gasteiger partial charge in [-0.1, -0.05) is 6.42 Å². The minimum Gasteiger partial charge on any atom is -0.340 e. The summed E-state index contributed by atoms with van der Waals surface area (Å²) in [5.41, 5.74) is 5.97. The van der Waals surface area contributed by atoms with Crippen LogP contribution in [0.25, 0.3) is 0 Å². The van der Waals surface area contributed by atoms with Gasteiger partial charge in [-0.05, 0) is 33.1 Å². The summed E-state index contributed by atoms with van der Waals surface area (Å²) in [6.45, 7) is 6.26. The number of carbonyl (C=O) groups is 1. The lowest BCUT2D eigenvalue weighted by Crippen LogP contribution is -2.49. The standard InChI is InChI=1S/C13H24N2OS/c1-13(2)9-15(6-7-17-13)12(16)10-4-3-5-11(14)8-10/h10-11H,3-9,14H2,1-2H3. The van der Waals surface area contributed by atoms with Crippen LogP contribution in [0.1, 0.15) is 39.5 Å². The summed E-state index contributed by atoms with van der Waals surface area (Å²) in [6, 6.07) is 0.241. The molecular formula is C13H24N2OS. The van der Waals surface area contributed by atoms with Crippen molar-refractivity contribution in [1.29, 1.82) is 0 Å². The molecule has 2 N–H and O–H groups in total. The summed E-state index contributed by atoms with van der Waals surface area (Å²) in [5, 5.41) is 0. The van der Waals surface area contributed by atoms with Crippen molar-refractivity contribution in [2.45, 2.75) is 50.3 Å². The number of carbonyl (C=O) groups excluding carboxylic acids is 1. The zero-order valence-corrected chi connectivity index (χ0v) is 11.8. The van der Waals surface area contributed by atoms with Crippen molar-refractivity contribution in [3.63, 3.8) is 0 Å². The van der Waals surface area contributed by atoms with E-state index in [1.807, 2.05) is 11.8 Å². The van der Waals surface area contributed by atoms with E-state index in [-0.39, 0.29) is 16.7 Å². The van der Waals surface area contributed by atoms with E-state index in [4.69, 9.17) is 5.73 Å². The van der Waals surface area contributed by atoms with E-state index >= 15 is 0 Å². The van der Waals surface area contributed by atoms with Gasteiger partial charge >= 0.3 is 0 Å². The van der Waals surface area contributed by atoms with E-state index in [1.54, 1.807) is 0 Å². The first-order valence-corrected chi connectivity index (χ1v) is 7.65. The molecule has 0 aromatic rings. The van der Waals surface area contributed by atoms with Gasteiger partial charge in [0.05, 0.1) is 0 Å². The van der Waals surface area contributed by atoms with Crippen molar-refractivity contribution >= 4 is 17.7 Å². The smallest absolute Gasteiger partial charge is 0.225 e. The molecule has 2 aliphatic rings. The first-order chi connectivity index (χ1) is 7.98. The quantitative estimate of drug-likeness (QED) is 0.779. The summed E-state index contributed by atoms with van der Waals surface area (Å²) < 4.78 is 0.213. The number of rotatable bonds is 1. The molecule has 0 bridgehead atoms. The maximum absolute atomic E-state index is 12.4. The van der Waals surface area contributed by atoms with Crippen LogP contribution in [0.5, 0.6) is 0 Å². The molecule has 4 heteroatoms. The van der Waals surface area contributed by atoms with Gasteiger partial charge in [-0.25, -0.2) is 0 Å². The molecule has 17 heavy (non-hydrogen) atoms. The van der Waals surface area contributed by atoms with Crippen molar-refractivity contribution in [2.75, 3.05) is 18.8 Å². The third-order valence-corrected chi connectivity index (χ3v) is 5.10. The molecule has 2 fully saturated rings. The number of hydrogen-bond donors (Lipinski definition) is 1. The van der Waals surface area contributed by atoms with E-state index in [9.17, 15) is 4.79 Å². The topological polar surface area (TPSA) is 46.3 Å². The molecule has 0 aromatic heterocycles. The normalized spacial score (nSPS) is 33.5. The second kappa shape index (κ2) is 5.19. The fourth-order valence-electron chi connectivity index (χ4n) is 2.91. The molecule has 0 radical (unpaired) electrons. The molecular weight excluding hydrogens is 232 g/mol. The van der Waals surface area contributed by atoms with Gasteiger partial charge in [0.15, 0.2) is 0 Å². The highest BCUT2D eigenvalue weighted by Crippen LogP contribution is 2.32. The maximum Gasteiger partial charge on any atom is 0.225 e. The number of amides is 1. The molecule has 1 heterocycles. The Morgan fingerprint density at radius 1 is 1.41 bits per heavy atom. The molecule has 2 rings (SSSR count). The van der Waals surface area contributed by atoms with Crippen LogP contribution >= 0.6 is 11.8 Å². The van der Waals surface area contributed by atoms with E-state index in [0.717, 1.165) is 44.5 Å². The van der Waals surface area contributed by atoms with Crippen LogP contribution in [0, 0.1) is 5.92 Å². The lowest BCUT2D eigenvalue weighted by molar-refractivity contribution is -0.137. The van der Waals surface area contributed by atoms with E-state index in [2.05, 4.69) is 18.7 Å². The summed E-state index contributed by atoms with van der Waals surface area (Å²) >= 11 is 1.97. The van der Waals surface area contributed by atoms with Crippen molar-refractivity contribution in [2.24, 2.45) is 11.7 Å². The Morgan fingerprint density at radius 2 is 2.18 bits per heavy atom. The number of hydrogen-bond acceptors (Lipinski definition) is 3. The van der Waals surface area contributed by atoms with E-state index < -0.39 is 0 Å². The van der Waals surface area contributed by atoms with Crippen LogP contribution in [0.15, 0.2) is 0 Å². The Bertz CT molecular complexity index is 293. The highest BCUT2D eigenvalue weighted by molar-refractivity contribution is 8.00. The third kappa shape index (κ3) is 3.38. The lowest BCUT2D eigenvalue weighted by atomic mass is 9.85. The van der Waals surface area contributed by atoms with Gasteiger partial charge in [-0.2, -0.15) is 11.8 Å². The van der Waals surface area contributed by atoms with Crippen molar-refractivity contribution in [1.82, 2.24) is 4.90 Å². The number of nitrogens with two attached hydrogens (primary N) is 1. The Kier molecular flexibility index (Phi) is 4.03. The van der Waals surface area contributed by atoms with E-state index in [0.29, 0.717) is 5.91 Å². The average Bonchev–Trinajstić information content (AvgIpc) is 2.26. The molecule has 2 unspecified atom stereocenters. The zero-order valence-electron chi connectivity index (χ0n) is 10.9. The summed E-state index contributed by atoms with van der Waals surface area (Å²) in [4.78, 5) is 14.5. The van der Waals surface area contributed by atoms with E-state index in [1.165, 1.54) is 0 Å². The Hall–Kier alpha value is -0.220. The van der Waals surface area contributed by atoms with Crippen molar-refractivity contribution < 1.29 is 4.79 Å². The zero-order chi connectivity index (χ0) is 12.5. The second-order valence-corrected chi connectivity index (χ2v) is 7.79. The molecule has 0 aromatic carbocycles. The SMILES string of the molecule is CC1(C)CN(C(=O)C2CCCC(N)C2)CCS1. The molecule has 0 spiro atoms. The molecule has 2 atom stereocenters. The molecule has 1 saturated carbocycles. The summed E-state index contributed by atoms with van der Waals surface area (Å²) in [6.07, 6.45) is 4.13. The Balaban J connectivity index is 1.94. The van der Waals surface area contributed by atoms with Gasteiger partial charge in [0.2, 0.25) is 5.91 Å². The van der Waals surface area contributed by atoms with Crippen molar-refractivity contribution in [3.8, 4) is 0 Å². The van der Waals surface area contributed by atoms with Gasteiger partial charge in [0, 0.05) is 35.5 Å². The van der Waals surface area contributed by atoms with Crippen LogP contribution in [-0.2, 0) is 4.79 Å². The molecule has 1 aliphatic heterocycles. The van der Waals surface area contributed by atoms with Crippen LogP contribution < -0.4 is 5.73 Å². The summed E-state index contributed by atoms with van der Waals surface area (Å²) in [7, 11) is 0. The monoisotopic (exact) mass is 256 g/mol. The van der Waals surface area contributed by atoms with Crippen LogP contribution in [0.3, 0.4) is 0 Å². The van der Waals surface area contributed by atoms with Gasteiger partial charge in [-0.3, -0.25) is 4.79 Å². The Morgan fingerprint density at radius 3 is 2.82 bits per heavy atom.